The van der Waals surface area contributed by atoms with Gasteiger partial charge in [0.2, 0.25) is 5.91 Å². The molecule has 4 aromatic heterocycles. The Kier molecular flexibility index (Phi) is 6.75. The van der Waals surface area contributed by atoms with Crippen molar-refractivity contribution in [3.05, 3.63) is 51.4 Å². The number of primary amides is 1. The number of thiophene rings is 1. The molecule has 0 radical (unpaired) electrons. The average Bonchev–Trinajstić information content (AvgIpc) is 3.51. The first-order valence-electron chi connectivity index (χ1n) is 10.1. The van der Waals surface area contributed by atoms with E-state index in [0.29, 0.717) is 11.3 Å². The van der Waals surface area contributed by atoms with Crippen LogP contribution in [0.3, 0.4) is 0 Å². The Morgan fingerprint density at radius 3 is 2.61 bits per heavy atom. The van der Waals surface area contributed by atoms with E-state index in [1.54, 1.807) is 0 Å². The van der Waals surface area contributed by atoms with Gasteiger partial charge in [-0.25, -0.2) is 13.8 Å². The highest BCUT2D eigenvalue weighted by Crippen LogP contribution is 2.42. The van der Waals surface area contributed by atoms with Crippen molar-refractivity contribution in [1.82, 2.24) is 14.8 Å². The number of hydrogen-bond acceptors (Lipinski definition) is 6. The molecule has 0 aliphatic heterocycles. The number of aromatic nitrogens is 3. The van der Waals surface area contributed by atoms with Gasteiger partial charge in [0, 0.05) is 17.4 Å². The van der Waals surface area contributed by atoms with Gasteiger partial charge in [0.05, 0.1) is 29.2 Å². The number of amides is 2. The molecule has 0 atom stereocenters. The Morgan fingerprint density at radius 1 is 1.33 bits per heavy atom. The molecule has 0 fully saturated rings. The number of pyridine rings is 1. The summed E-state index contributed by atoms with van der Waals surface area (Å²) in [7, 11) is 0. The second kappa shape index (κ2) is 9.50. The summed E-state index contributed by atoms with van der Waals surface area (Å²) in [5.41, 5.74) is 3.69. The van der Waals surface area contributed by atoms with Crippen LogP contribution >= 0.6 is 22.9 Å². The van der Waals surface area contributed by atoms with E-state index in [-0.39, 0.29) is 50.8 Å². The lowest BCUT2D eigenvalue weighted by molar-refractivity contribution is -0.141. The Balaban J connectivity index is 1.70. The van der Waals surface area contributed by atoms with Crippen LogP contribution in [0.15, 0.2) is 28.9 Å². The molecule has 2 amide bonds. The van der Waals surface area contributed by atoms with Crippen LogP contribution in [0.4, 0.5) is 27.6 Å². The molecule has 0 aliphatic rings. The molecule has 4 heterocycles. The number of furan rings is 1. The Morgan fingerprint density at radius 2 is 2.06 bits per heavy atom. The first kappa shape index (κ1) is 25.6. The van der Waals surface area contributed by atoms with Gasteiger partial charge in [-0.3, -0.25) is 14.3 Å². The van der Waals surface area contributed by atoms with E-state index in [1.807, 2.05) is 0 Å². The summed E-state index contributed by atoms with van der Waals surface area (Å²) in [5, 5.41) is 5.52. The third kappa shape index (κ3) is 4.78. The maximum absolute atomic E-state index is 13.5. The van der Waals surface area contributed by atoms with Crippen LogP contribution in [0.25, 0.3) is 21.5 Å². The number of halogens is 6. The minimum atomic E-state index is -4.77. The number of carbonyl (C=O) groups excluding carboxylic acids is 2. The fourth-order valence-electron chi connectivity index (χ4n) is 3.48. The molecule has 0 aromatic carbocycles. The summed E-state index contributed by atoms with van der Waals surface area (Å²) in [5.74, 6) is -1.47. The summed E-state index contributed by atoms with van der Waals surface area (Å²) in [6, 6.07) is 4.10. The summed E-state index contributed by atoms with van der Waals surface area (Å²) in [6.45, 7) is 1.06. The number of aryl methyl sites for hydroxylation is 1. The van der Waals surface area contributed by atoms with Crippen molar-refractivity contribution in [2.75, 3.05) is 5.32 Å². The lowest BCUT2D eigenvalue weighted by Gasteiger charge is -2.10. The van der Waals surface area contributed by atoms with Gasteiger partial charge in [-0.15, -0.1) is 11.3 Å². The van der Waals surface area contributed by atoms with Crippen LogP contribution in [-0.2, 0) is 17.5 Å². The molecule has 36 heavy (non-hydrogen) atoms. The van der Waals surface area contributed by atoms with Crippen molar-refractivity contribution in [3.63, 3.8) is 0 Å². The average molecular weight is 548 g/mol. The van der Waals surface area contributed by atoms with Crippen molar-refractivity contribution in [3.8, 4) is 11.3 Å². The van der Waals surface area contributed by atoms with Crippen molar-refractivity contribution in [2.24, 2.45) is 5.73 Å². The minimum absolute atomic E-state index is 0.00724. The number of alkyl halides is 5. The third-order valence-electron chi connectivity index (χ3n) is 5.13. The molecule has 0 bridgehead atoms. The molecule has 0 spiro atoms. The van der Waals surface area contributed by atoms with E-state index in [9.17, 15) is 31.5 Å². The first-order chi connectivity index (χ1) is 16.9. The Bertz CT molecular complexity index is 1460. The molecule has 0 saturated carbocycles. The predicted molar refractivity (Wildman–Crippen MR) is 121 cm³/mol. The zero-order valence-electron chi connectivity index (χ0n) is 18.1. The first-order valence-corrected chi connectivity index (χ1v) is 11.3. The van der Waals surface area contributed by atoms with Crippen molar-refractivity contribution < 1.29 is 36.0 Å². The van der Waals surface area contributed by atoms with Gasteiger partial charge in [-0.05, 0) is 25.1 Å². The van der Waals surface area contributed by atoms with Gasteiger partial charge >= 0.3 is 6.18 Å². The van der Waals surface area contributed by atoms with Gasteiger partial charge in [0.15, 0.2) is 5.69 Å². The van der Waals surface area contributed by atoms with Crippen LogP contribution in [-0.4, -0.2) is 26.6 Å². The molecule has 4 rings (SSSR count). The maximum atomic E-state index is 13.5. The molecular formula is C21H15ClF5N5O3S. The monoisotopic (exact) mass is 547 g/mol. The molecule has 3 N–H and O–H groups in total. The number of carbonyl (C=O) groups is 2. The summed E-state index contributed by atoms with van der Waals surface area (Å²) in [6.07, 6.45) is -6.74. The molecule has 0 unspecified atom stereocenters. The lowest BCUT2D eigenvalue weighted by Crippen LogP contribution is -2.19. The van der Waals surface area contributed by atoms with E-state index in [0.717, 1.165) is 10.7 Å². The minimum Gasteiger partial charge on any atom is -0.464 e. The topological polar surface area (TPSA) is 116 Å². The molecular weight excluding hydrogens is 533 g/mol. The number of anilines is 1. The van der Waals surface area contributed by atoms with Crippen LogP contribution in [0.5, 0.6) is 0 Å². The van der Waals surface area contributed by atoms with Gasteiger partial charge in [-0.2, -0.15) is 18.3 Å². The zero-order chi connectivity index (χ0) is 26.4. The summed E-state index contributed by atoms with van der Waals surface area (Å²) < 4.78 is 72.3. The molecule has 190 valence electrons. The van der Waals surface area contributed by atoms with E-state index in [4.69, 9.17) is 21.8 Å². The number of fused-ring (bicyclic) bond motifs is 1. The van der Waals surface area contributed by atoms with Gasteiger partial charge in [0.1, 0.15) is 21.2 Å². The van der Waals surface area contributed by atoms with Gasteiger partial charge < -0.3 is 15.5 Å². The van der Waals surface area contributed by atoms with Crippen LogP contribution in [0.1, 0.15) is 39.6 Å². The maximum Gasteiger partial charge on any atom is 0.436 e. The van der Waals surface area contributed by atoms with Gasteiger partial charge in [0.25, 0.3) is 12.3 Å². The van der Waals surface area contributed by atoms with E-state index in [2.05, 4.69) is 15.4 Å². The van der Waals surface area contributed by atoms with Gasteiger partial charge in [-0.1, -0.05) is 11.6 Å². The normalized spacial score (nSPS) is 12.0. The number of nitrogens with two attached hydrogens (primary N) is 1. The highest BCUT2D eigenvalue weighted by atomic mass is 35.5. The van der Waals surface area contributed by atoms with Crippen LogP contribution in [0, 0.1) is 6.92 Å². The molecule has 15 heteroatoms. The second-order valence-electron chi connectivity index (χ2n) is 7.49. The number of hydrogen-bond donors (Lipinski definition) is 2. The van der Waals surface area contributed by atoms with Crippen LogP contribution in [0.2, 0.25) is 5.02 Å². The van der Waals surface area contributed by atoms with E-state index in [1.165, 1.54) is 25.3 Å². The smallest absolute Gasteiger partial charge is 0.436 e. The van der Waals surface area contributed by atoms with Crippen molar-refractivity contribution in [2.45, 2.75) is 32.5 Å². The van der Waals surface area contributed by atoms with Crippen LogP contribution < -0.4 is 11.1 Å². The highest BCUT2D eigenvalue weighted by molar-refractivity contribution is 7.21. The molecule has 0 saturated heterocycles. The number of rotatable bonds is 7. The zero-order valence-corrected chi connectivity index (χ0v) is 19.7. The highest BCUT2D eigenvalue weighted by Gasteiger charge is 2.38. The third-order valence-corrected chi connectivity index (χ3v) is 6.68. The summed E-state index contributed by atoms with van der Waals surface area (Å²) in [4.78, 5) is 28.6. The fourth-order valence-corrected chi connectivity index (χ4v) is 4.74. The standard InChI is InChI=1S/C21H15ClF5N5O3S/c1-8-14(22)17(21(25,26)27)31-32(8)5-4-12(33)30-15-13-9(11-3-2-6-35-11)7-10(18(23)24)29-20(13)36-16(15)19(28)34/h2-3,6-7,18H,4-5H2,1H3,(H2,28,34)(H,30,33). The number of nitrogens with one attached hydrogen (secondary N) is 1. The SMILES string of the molecule is Cc1c(Cl)c(C(F)(F)F)nn1CCC(=O)Nc1c(C(N)=O)sc2nc(C(F)F)cc(-c3ccco3)c12. The predicted octanol–water partition coefficient (Wildman–Crippen LogP) is 5.80. The second-order valence-corrected chi connectivity index (χ2v) is 8.87. The largest absolute Gasteiger partial charge is 0.464 e. The Labute approximate surface area is 207 Å². The molecule has 8 nitrogen and oxygen atoms in total. The molecule has 4 aromatic rings. The quantitative estimate of drug-likeness (QED) is 0.284. The van der Waals surface area contributed by atoms with Crippen molar-refractivity contribution in [1.29, 1.82) is 0 Å². The molecule has 0 aliphatic carbocycles. The lowest BCUT2D eigenvalue weighted by atomic mass is 10.1. The fraction of sp³-hybridized carbons (Fsp3) is 0.238. The summed E-state index contributed by atoms with van der Waals surface area (Å²) >= 11 is 6.43. The van der Waals surface area contributed by atoms with E-state index < -0.39 is 40.8 Å². The van der Waals surface area contributed by atoms with Crippen molar-refractivity contribution >= 4 is 50.7 Å². The Hall–Kier alpha value is -3.52. The number of nitrogens with zero attached hydrogens (tertiary/aromatic N) is 3. The van der Waals surface area contributed by atoms with E-state index >= 15 is 0 Å².